The molecule has 0 saturated carbocycles. The van der Waals surface area contributed by atoms with Gasteiger partial charge in [-0.05, 0) is 78.0 Å². The first-order valence-electron chi connectivity index (χ1n) is 19.0. The number of hydrogen-bond acceptors (Lipinski definition) is 9. The SMILES string of the molecule is CC[C@@H](C)[C@@H](NC(=O)OC(C)(C)C)C(=O)N[C@@H](Cc1ccccc1)C(=O)N(CCCCCCNC(=O)OC(C)(C)C)[C@H]1CSCCC12OCCCO2. The van der Waals surface area contributed by atoms with Crippen LogP contribution in [0.3, 0.4) is 0 Å². The van der Waals surface area contributed by atoms with Crippen molar-refractivity contribution in [2.45, 2.75) is 142 Å². The van der Waals surface area contributed by atoms with Gasteiger partial charge in [-0.2, -0.15) is 11.8 Å². The molecule has 2 aliphatic rings. The third-order valence-electron chi connectivity index (χ3n) is 9.08. The van der Waals surface area contributed by atoms with E-state index in [4.69, 9.17) is 18.9 Å². The molecule has 3 rings (SSSR count). The maximum Gasteiger partial charge on any atom is 0.408 e. The molecule has 0 radical (unpaired) electrons. The van der Waals surface area contributed by atoms with Crippen molar-refractivity contribution in [1.29, 1.82) is 0 Å². The Balaban J connectivity index is 1.84. The highest BCUT2D eigenvalue weighted by Crippen LogP contribution is 2.38. The molecule has 0 bridgehead atoms. The van der Waals surface area contributed by atoms with Gasteiger partial charge in [-0.1, -0.05) is 63.4 Å². The number of unbranched alkanes of at least 4 members (excludes halogenated alkanes) is 3. The van der Waals surface area contributed by atoms with E-state index in [1.165, 1.54) is 0 Å². The van der Waals surface area contributed by atoms with E-state index in [1.54, 1.807) is 32.5 Å². The molecule has 0 unspecified atom stereocenters. The Morgan fingerprint density at radius 2 is 1.56 bits per heavy atom. The molecular formula is C39H64N4O8S. The van der Waals surface area contributed by atoms with Crippen LogP contribution in [0.2, 0.25) is 0 Å². The predicted octanol–water partition coefficient (Wildman–Crippen LogP) is 6.21. The average Bonchev–Trinajstić information content (AvgIpc) is 3.07. The number of hydrogen-bond donors (Lipinski definition) is 3. The minimum absolute atomic E-state index is 0.214. The van der Waals surface area contributed by atoms with Gasteiger partial charge in [-0.15, -0.1) is 0 Å². The summed E-state index contributed by atoms with van der Waals surface area (Å²) in [4.78, 5) is 55.8. The molecule has 1 aromatic rings. The molecule has 2 heterocycles. The second-order valence-corrected chi connectivity index (χ2v) is 17.0. The molecular weight excluding hydrogens is 685 g/mol. The number of ether oxygens (including phenoxy) is 4. The van der Waals surface area contributed by atoms with Crippen LogP contribution in [-0.2, 0) is 35.0 Å². The second kappa shape index (κ2) is 20.4. The Labute approximate surface area is 315 Å². The highest BCUT2D eigenvalue weighted by atomic mass is 32.2. The van der Waals surface area contributed by atoms with Crippen molar-refractivity contribution in [3.05, 3.63) is 35.9 Å². The van der Waals surface area contributed by atoms with Gasteiger partial charge in [0.15, 0.2) is 5.79 Å². The van der Waals surface area contributed by atoms with Gasteiger partial charge in [0.25, 0.3) is 0 Å². The quantitative estimate of drug-likeness (QED) is 0.168. The topological polar surface area (TPSA) is 145 Å². The van der Waals surface area contributed by atoms with E-state index >= 15 is 0 Å². The number of nitrogens with one attached hydrogen (secondary N) is 3. The lowest BCUT2D eigenvalue weighted by Gasteiger charge is -2.50. The lowest BCUT2D eigenvalue weighted by Crippen LogP contribution is -2.65. The summed E-state index contributed by atoms with van der Waals surface area (Å²) in [6.07, 6.45) is 4.42. The number of thioether (sulfide) groups is 1. The number of nitrogens with zero attached hydrogens (tertiary/aromatic N) is 1. The van der Waals surface area contributed by atoms with Crippen LogP contribution < -0.4 is 16.0 Å². The van der Waals surface area contributed by atoms with Crippen molar-refractivity contribution >= 4 is 35.8 Å². The van der Waals surface area contributed by atoms with Crippen LogP contribution in [-0.4, -0.2) is 102 Å². The third kappa shape index (κ3) is 14.4. The molecule has 3 N–H and O–H groups in total. The summed E-state index contributed by atoms with van der Waals surface area (Å²) in [5.74, 6) is -0.274. The molecule has 2 saturated heterocycles. The maximum atomic E-state index is 15.0. The van der Waals surface area contributed by atoms with Crippen molar-refractivity contribution in [3.8, 4) is 0 Å². The van der Waals surface area contributed by atoms with Crippen LogP contribution in [0.15, 0.2) is 30.3 Å². The fourth-order valence-electron chi connectivity index (χ4n) is 6.29. The van der Waals surface area contributed by atoms with E-state index in [9.17, 15) is 19.2 Å². The highest BCUT2D eigenvalue weighted by molar-refractivity contribution is 7.99. The summed E-state index contributed by atoms with van der Waals surface area (Å²) < 4.78 is 23.6. The monoisotopic (exact) mass is 748 g/mol. The van der Waals surface area contributed by atoms with Crippen LogP contribution in [0.4, 0.5) is 9.59 Å². The normalized spacial score (nSPS) is 19.1. The smallest absolute Gasteiger partial charge is 0.408 e. The lowest BCUT2D eigenvalue weighted by atomic mass is 9.96. The molecule has 2 aliphatic heterocycles. The van der Waals surface area contributed by atoms with Gasteiger partial charge < -0.3 is 39.8 Å². The molecule has 12 nitrogen and oxygen atoms in total. The first-order valence-corrected chi connectivity index (χ1v) is 20.2. The number of alkyl carbamates (subject to hydrolysis) is 2. The first kappa shape index (κ1) is 43.4. The Morgan fingerprint density at radius 3 is 2.19 bits per heavy atom. The van der Waals surface area contributed by atoms with Gasteiger partial charge in [-0.25, -0.2) is 9.59 Å². The van der Waals surface area contributed by atoms with Crippen molar-refractivity contribution < 1.29 is 38.1 Å². The number of rotatable bonds is 16. The summed E-state index contributed by atoms with van der Waals surface area (Å²) in [6.45, 7) is 16.7. The zero-order valence-electron chi connectivity index (χ0n) is 32.7. The standard InChI is InChI=1S/C39H64N4O8S/c1-9-28(2)32(42-36(47)51-38(6,7)8)33(44)41-30(26-29-18-13-12-14-19-29)34(45)43(31-27-52-25-20-39(31)48-23-17-24-49-39)22-16-11-10-15-21-40-35(46)50-37(3,4)5/h12-14,18-19,28,30-32H,9-11,15-17,20-27H2,1-8H3,(H,40,46)(H,41,44)(H,42,47)/t28-,30+,31+,32-/m1/s1. The number of carbonyl (C=O) groups excluding carboxylic acids is 4. The molecule has 1 spiro atoms. The number of carbonyl (C=O) groups is 4. The average molecular weight is 749 g/mol. The Hall–Kier alpha value is -3.03. The van der Waals surface area contributed by atoms with Gasteiger partial charge in [0.1, 0.15) is 23.3 Å². The summed E-state index contributed by atoms with van der Waals surface area (Å²) >= 11 is 1.77. The Morgan fingerprint density at radius 1 is 0.923 bits per heavy atom. The van der Waals surface area contributed by atoms with Crippen molar-refractivity contribution in [3.63, 3.8) is 0 Å². The first-order chi connectivity index (χ1) is 24.5. The van der Waals surface area contributed by atoms with Crippen molar-refractivity contribution in [2.75, 3.05) is 37.8 Å². The van der Waals surface area contributed by atoms with Crippen LogP contribution >= 0.6 is 11.8 Å². The third-order valence-corrected chi connectivity index (χ3v) is 10.1. The molecule has 1 aromatic carbocycles. The molecule has 4 amide bonds. The molecule has 4 atom stereocenters. The van der Waals surface area contributed by atoms with Gasteiger partial charge in [-0.3, -0.25) is 9.59 Å². The van der Waals surface area contributed by atoms with Gasteiger partial charge in [0.2, 0.25) is 11.8 Å². The van der Waals surface area contributed by atoms with Crippen LogP contribution in [0.5, 0.6) is 0 Å². The van der Waals surface area contributed by atoms with E-state index in [2.05, 4.69) is 16.0 Å². The second-order valence-electron chi connectivity index (χ2n) is 15.8. The molecule has 294 valence electrons. The van der Waals surface area contributed by atoms with Crippen LogP contribution in [0.25, 0.3) is 0 Å². The van der Waals surface area contributed by atoms with Gasteiger partial charge in [0, 0.05) is 31.7 Å². The van der Waals surface area contributed by atoms with E-state index in [0.717, 1.165) is 43.4 Å². The molecule has 13 heteroatoms. The van der Waals surface area contributed by atoms with Crippen LogP contribution in [0, 0.1) is 5.92 Å². The van der Waals surface area contributed by atoms with Gasteiger partial charge in [0.05, 0.1) is 19.3 Å². The Bertz CT molecular complexity index is 1270. The van der Waals surface area contributed by atoms with E-state index < -0.39 is 47.2 Å². The molecule has 0 aliphatic carbocycles. The minimum atomic E-state index is -0.910. The molecule has 2 fully saturated rings. The van der Waals surface area contributed by atoms with Gasteiger partial charge >= 0.3 is 12.2 Å². The fraction of sp³-hybridized carbons (Fsp3) is 0.744. The van der Waals surface area contributed by atoms with Crippen molar-refractivity contribution in [1.82, 2.24) is 20.9 Å². The largest absolute Gasteiger partial charge is 0.444 e. The summed E-state index contributed by atoms with van der Waals surface area (Å²) in [7, 11) is 0. The zero-order valence-corrected chi connectivity index (χ0v) is 33.5. The maximum absolute atomic E-state index is 15.0. The molecule has 0 aromatic heterocycles. The highest BCUT2D eigenvalue weighted by Gasteiger charge is 2.50. The fourth-order valence-corrected chi connectivity index (χ4v) is 7.54. The van der Waals surface area contributed by atoms with Crippen molar-refractivity contribution in [2.24, 2.45) is 5.92 Å². The van der Waals surface area contributed by atoms with E-state index in [-0.39, 0.29) is 24.3 Å². The number of benzene rings is 1. The lowest BCUT2D eigenvalue weighted by molar-refractivity contribution is -0.292. The predicted molar refractivity (Wildman–Crippen MR) is 204 cm³/mol. The summed E-state index contributed by atoms with van der Waals surface area (Å²) in [5.41, 5.74) is -0.391. The van der Waals surface area contributed by atoms with E-state index in [1.807, 2.05) is 69.9 Å². The van der Waals surface area contributed by atoms with E-state index in [0.29, 0.717) is 44.9 Å². The summed E-state index contributed by atoms with van der Waals surface area (Å²) in [6, 6.07) is 7.46. The van der Waals surface area contributed by atoms with Crippen LogP contribution in [0.1, 0.15) is 106 Å². The zero-order chi connectivity index (χ0) is 38.4. The summed E-state index contributed by atoms with van der Waals surface area (Å²) in [5, 5.41) is 8.65. The Kier molecular flexibility index (Phi) is 17.0. The molecule has 52 heavy (non-hydrogen) atoms. The number of amides is 4. The minimum Gasteiger partial charge on any atom is -0.444 e.